The molecule has 1 amide bonds. The highest BCUT2D eigenvalue weighted by atomic mass is 16.6. The molecule has 132 valence electrons. The molecule has 0 saturated carbocycles. The van der Waals surface area contributed by atoms with Gasteiger partial charge in [-0.15, -0.1) is 6.58 Å². The van der Waals surface area contributed by atoms with Gasteiger partial charge in [-0.25, -0.2) is 4.79 Å². The van der Waals surface area contributed by atoms with E-state index in [1.54, 1.807) is 11.0 Å². The average molecular weight is 332 g/mol. The third kappa shape index (κ3) is 6.34. The lowest BCUT2D eigenvalue weighted by molar-refractivity contribution is 0.0722. The predicted octanol–water partition coefficient (Wildman–Crippen LogP) is 2.91. The standard InChI is InChI=1S/C19H28N2O3/c1-2-12-20-18(22)11-10-16-9-6-13-21(14-16)19(23)24-15-17-7-4-3-5-8-17/h2-5,7-8,16,18,20,22H,1,6,9-15H2/t16-,18?/m1/s1. The number of carbonyl (C=O) groups excluding carboxylic acids is 1. The highest BCUT2D eigenvalue weighted by molar-refractivity contribution is 5.67. The second-order valence-corrected chi connectivity index (χ2v) is 6.28. The number of nitrogens with one attached hydrogen (secondary N) is 1. The summed E-state index contributed by atoms with van der Waals surface area (Å²) in [5, 5.41) is 12.8. The number of ether oxygens (including phenoxy) is 1. The number of aliphatic hydroxyl groups is 1. The van der Waals surface area contributed by atoms with Gasteiger partial charge in [0.05, 0.1) is 0 Å². The van der Waals surface area contributed by atoms with Crippen molar-refractivity contribution in [3.63, 3.8) is 0 Å². The zero-order valence-electron chi connectivity index (χ0n) is 14.2. The minimum Gasteiger partial charge on any atom is -0.445 e. The molecule has 1 aliphatic rings. The number of hydrogen-bond donors (Lipinski definition) is 2. The molecule has 0 radical (unpaired) electrons. The molecule has 5 heteroatoms. The second kappa shape index (κ2) is 10.1. The fraction of sp³-hybridized carbons (Fsp3) is 0.526. The molecule has 2 N–H and O–H groups in total. The molecule has 24 heavy (non-hydrogen) atoms. The first kappa shape index (κ1) is 18.5. The van der Waals surface area contributed by atoms with Crippen molar-refractivity contribution < 1.29 is 14.6 Å². The SMILES string of the molecule is C=CCNC(O)CC[C@H]1CCCN(C(=O)OCc2ccccc2)C1. The normalized spacial score (nSPS) is 18.9. The van der Waals surface area contributed by atoms with E-state index >= 15 is 0 Å². The van der Waals surface area contributed by atoms with Gasteiger partial charge in [0.1, 0.15) is 12.8 Å². The number of piperidine rings is 1. The number of hydrogen-bond acceptors (Lipinski definition) is 4. The van der Waals surface area contributed by atoms with E-state index in [1.807, 2.05) is 30.3 Å². The van der Waals surface area contributed by atoms with E-state index in [1.165, 1.54) is 0 Å². The van der Waals surface area contributed by atoms with E-state index in [0.29, 0.717) is 32.0 Å². The van der Waals surface area contributed by atoms with Crippen LogP contribution in [-0.2, 0) is 11.3 Å². The van der Waals surface area contributed by atoms with Crippen molar-refractivity contribution in [1.82, 2.24) is 10.2 Å². The fourth-order valence-electron chi connectivity index (χ4n) is 2.99. The topological polar surface area (TPSA) is 61.8 Å². The Morgan fingerprint density at radius 2 is 2.25 bits per heavy atom. The van der Waals surface area contributed by atoms with Crippen molar-refractivity contribution in [2.24, 2.45) is 5.92 Å². The van der Waals surface area contributed by atoms with Crippen LogP contribution in [0.1, 0.15) is 31.2 Å². The zero-order chi connectivity index (χ0) is 17.2. The molecule has 0 aliphatic carbocycles. The predicted molar refractivity (Wildman–Crippen MR) is 94.4 cm³/mol. The lowest BCUT2D eigenvalue weighted by atomic mass is 9.93. The second-order valence-electron chi connectivity index (χ2n) is 6.28. The van der Waals surface area contributed by atoms with Crippen molar-refractivity contribution in [3.8, 4) is 0 Å². The molecular formula is C19H28N2O3. The number of aliphatic hydroxyl groups excluding tert-OH is 1. The van der Waals surface area contributed by atoms with Gasteiger partial charge < -0.3 is 14.7 Å². The third-order valence-electron chi connectivity index (χ3n) is 4.33. The van der Waals surface area contributed by atoms with E-state index in [2.05, 4.69) is 11.9 Å². The molecule has 1 saturated heterocycles. The maximum absolute atomic E-state index is 12.2. The van der Waals surface area contributed by atoms with Crippen molar-refractivity contribution >= 4 is 6.09 Å². The summed E-state index contributed by atoms with van der Waals surface area (Å²) in [4.78, 5) is 14.0. The summed E-state index contributed by atoms with van der Waals surface area (Å²) >= 11 is 0. The van der Waals surface area contributed by atoms with Gasteiger partial charge >= 0.3 is 6.09 Å². The van der Waals surface area contributed by atoms with Crippen LogP contribution in [0.25, 0.3) is 0 Å². The molecule has 1 aromatic carbocycles. The fourth-order valence-corrected chi connectivity index (χ4v) is 2.99. The van der Waals surface area contributed by atoms with Crippen LogP contribution in [-0.4, -0.2) is 42.0 Å². The molecule has 2 atom stereocenters. The van der Waals surface area contributed by atoms with Crippen LogP contribution in [0.15, 0.2) is 43.0 Å². The number of carbonyl (C=O) groups is 1. The van der Waals surface area contributed by atoms with E-state index < -0.39 is 6.23 Å². The molecule has 0 bridgehead atoms. The van der Waals surface area contributed by atoms with Gasteiger partial charge in [-0.1, -0.05) is 36.4 Å². The Bertz CT molecular complexity index is 507. The Morgan fingerprint density at radius 3 is 3.00 bits per heavy atom. The van der Waals surface area contributed by atoms with Crippen LogP contribution in [0, 0.1) is 5.92 Å². The summed E-state index contributed by atoms with van der Waals surface area (Å²) in [5.41, 5.74) is 0.996. The first-order valence-corrected chi connectivity index (χ1v) is 8.67. The largest absolute Gasteiger partial charge is 0.445 e. The van der Waals surface area contributed by atoms with Crippen molar-refractivity contribution in [2.75, 3.05) is 19.6 Å². The van der Waals surface area contributed by atoms with E-state index in [9.17, 15) is 9.90 Å². The monoisotopic (exact) mass is 332 g/mol. The molecule has 2 rings (SSSR count). The summed E-state index contributed by atoms with van der Waals surface area (Å²) < 4.78 is 5.41. The summed E-state index contributed by atoms with van der Waals surface area (Å²) in [6.07, 6.45) is 4.64. The Balaban J connectivity index is 1.71. The maximum Gasteiger partial charge on any atom is 0.410 e. The Labute approximate surface area is 144 Å². The highest BCUT2D eigenvalue weighted by Crippen LogP contribution is 2.22. The molecule has 1 fully saturated rings. The van der Waals surface area contributed by atoms with Crippen LogP contribution in [0.2, 0.25) is 0 Å². The number of benzene rings is 1. The summed E-state index contributed by atoms with van der Waals surface area (Å²) in [6.45, 7) is 5.99. The van der Waals surface area contributed by atoms with E-state index in [-0.39, 0.29) is 6.09 Å². The number of likely N-dealkylation sites (tertiary alicyclic amines) is 1. The number of nitrogens with zero attached hydrogens (tertiary/aromatic N) is 1. The molecule has 0 aromatic heterocycles. The van der Waals surface area contributed by atoms with E-state index in [4.69, 9.17) is 4.74 Å². The van der Waals surface area contributed by atoms with E-state index in [0.717, 1.165) is 31.4 Å². The molecule has 1 unspecified atom stereocenters. The van der Waals surface area contributed by atoms with Crippen LogP contribution >= 0.6 is 0 Å². The molecule has 1 aromatic rings. The van der Waals surface area contributed by atoms with Gasteiger partial charge in [-0.05, 0) is 37.2 Å². The minimum atomic E-state index is -0.511. The van der Waals surface area contributed by atoms with Crippen molar-refractivity contribution in [2.45, 2.75) is 38.5 Å². The number of amides is 1. The lowest BCUT2D eigenvalue weighted by Crippen LogP contribution is -2.40. The van der Waals surface area contributed by atoms with Gasteiger partial charge in [0.15, 0.2) is 0 Å². The first-order valence-electron chi connectivity index (χ1n) is 8.67. The zero-order valence-corrected chi connectivity index (χ0v) is 14.2. The summed E-state index contributed by atoms with van der Waals surface area (Å²) in [5.74, 6) is 0.420. The lowest BCUT2D eigenvalue weighted by Gasteiger charge is -2.32. The molecule has 0 spiro atoms. The summed E-state index contributed by atoms with van der Waals surface area (Å²) in [7, 11) is 0. The Hall–Kier alpha value is -1.85. The third-order valence-corrected chi connectivity index (χ3v) is 4.33. The van der Waals surface area contributed by atoms with Gasteiger partial charge in [0, 0.05) is 19.6 Å². The van der Waals surface area contributed by atoms with Crippen molar-refractivity contribution in [1.29, 1.82) is 0 Å². The quantitative estimate of drug-likeness (QED) is 0.568. The van der Waals surface area contributed by atoms with Crippen LogP contribution in [0.5, 0.6) is 0 Å². The Morgan fingerprint density at radius 1 is 1.46 bits per heavy atom. The number of rotatable bonds is 8. The average Bonchev–Trinajstić information content (AvgIpc) is 2.63. The first-order chi connectivity index (χ1) is 11.7. The van der Waals surface area contributed by atoms with Crippen molar-refractivity contribution in [3.05, 3.63) is 48.6 Å². The highest BCUT2D eigenvalue weighted by Gasteiger charge is 2.25. The smallest absolute Gasteiger partial charge is 0.410 e. The van der Waals surface area contributed by atoms with Crippen LogP contribution in [0.3, 0.4) is 0 Å². The molecule has 5 nitrogen and oxygen atoms in total. The molecule has 1 heterocycles. The molecular weight excluding hydrogens is 304 g/mol. The Kier molecular flexibility index (Phi) is 7.79. The van der Waals surface area contributed by atoms with Gasteiger partial charge in [-0.2, -0.15) is 0 Å². The minimum absolute atomic E-state index is 0.242. The van der Waals surface area contributed by atoms with Crippen LogP contribution in [0.4, 0.5) is 4.79 Å². The molecule has 1 aliphatic heterocycles. The maximum atomic E-state index is 12.2. The van der Waals surface area contributed by atoms with Gasteiger partial charge in [-0.3, -0.25) is 5.32 Å². The van der Waals surface area contributed by atoms with Gasteiger partial charge in [0.2, 0.25) is 0 Å². The van der Waals surface area contributed by atoms with Gasteiger partial charge in [0.25, 0.3) is 0 Å². The van der Waals surface area contributed by atoms with Crippen LogP contribution < -0.4 is 5.32 Å². The summed E-state index contributed by atoms with van der Waals surface area (Å²) in [6, 6.07) is 9.71.